The van der Waals surface area contributed by atoms with E-state index in [1.54, 1.807) is 12.1 Å². The zero-order valence-corrected chi connectivity index (χ0v) is 12.8. The van der Waals surface area contributed by atoms with Gasteiger partial charge in [0.15, 0.2) is 0 Å². The first-order chi connectivity index (χ1) is 10.7. The third kappa shape index (κ3) is 3.67. The van der Waals surface area contributed by atoms with Gasteiger partial charge in [-0.25, -0.2) is 0 Å². The number of hydrogen-bond donors (Lipinski definition) is 1. The predicted octanol–water partition coefficient (Wildman–Crippen LogP) is 3.21. The topological polar surface area (TPSA) is 55.4 Å². The van der Waals surface area contributed by atoms with Crippen LogP contribution in [0.5, 0.6) is 5.75 Å². The number of rotatable bonds is 5. The van der Waals surface area contributed by atoms with Gasteiger partial charge in [-0.15, -0.1) is 0 Å². The fourth-order valence-electron chi connectivity index (χ4n) is 3.20. The van der Waals surface area contributed by atoms with E-state index in [1.807, 2.05) is 18.2 Å². The molecular weight excluding hydrogens is 278 g/mol. The Morgan fingerprint density at radius 1 is 1.09 bits per heavy atom. The summed E-state index contributed by atoms with van der Waals surface area (Å²) in [5, 5.41) is 3.00. The summed E-state index contributed by atoms with van der Waals surface area (Å²) in [5.41, 5.74) is -0.646. The van der Waals surface area contributed by atoms with Crippen molar-refractivity contribution in [1.82, 2.24) is 5.32 Å². The summed E-state index contributed by atoms with van der Waals surface area (Å²) >= 11 is 0. The molecule has 0 bridgehead atoms. The SMILES string of the molecule is O=C(CC1(C(=O)Oc2ccccc2)CCCCC1)NC1CC1. The number of amides is 1. The maximum Gasteiger partial charge on any atom is 0.317 e. The normalized spacial score (nSPS) is 20.2. The summed E-state index contributed by atoms with van der Waals surface area (Å²) in [7, 11) is 0. The standard InChI is InChI=1S/C18H23NO3/c20-16(19-14-9-10-14)13-18(11-5-2-6-12-18)17(21)22-15-7-3-1-4-8-15/h1,3-4,7-8,14H,2,5-6,9-13H2,(H,19,20). The average molecular weight is 301 g/mol. The zero-order valence-electron chi connectivity index (χ0n) is 12.8. The number of hydrogen-bond acceptors (Lipinski definition) is 3. The highest BCUT2D eigenvalue weighted by molar-refractivity contribution is 5.87. The van der Waals surface area contributed by atoms with E-state index in [-0.39, 0.29) is 18.3 Å². The minimum atomic E-state index is -0.646. The van der Waals surface area contributed by atoms with Crippen molar-refractivity contribution in [3.05, 3.63) is 30.3 Å². The highest BCUT2D eigenvalue weighted by atomic mass is 16.5. The average Bonchev–Trinajstić information content (AvgIpc) is 3.33. The predicted molar refractivity (Wildman–Crippen MR) is 83.4 cm³/mol. The van der Waals surface area contributed by atoms with Crippen LogP contribution in [-0.4, -0.2) is 17.9 Å². The minimum absolute atomic E-state index is 0.00517. The molecule has 1 aromatic rings. The fourth-order valence-corrected chi connectivity index (χ4v) is 3.20. The Kier molecular flexibility index (Phi) is 4.46. The van der Waals surface area contributed by atoms with Crippen molar-refractivity contribution in [2.24, 2.45) is 5.41 Å². The highest BCUT2D eigenvalue weighted by Gasteiger charge is 2.43. The minimum Gasteiger partial charge on any atom is -0.426 e. The quantitative estimate of drug-likeness (QED) is 0.671. The van der Waals surface area contributed by atoms with Crippen LogP contribution in [0.4, 0.5) is 0 Å². The third-order valence-electron chi connectivity index (χ3n) is 4.64. The molecule has 0 saturated heterocycles. The van der Waals surface area contributed by atoms with E-state index >= 15 is 0 Å². The molecule has 2 aliphatic rings. The van der Waals surface area contributed by atoms with Gasteiger partial charge in [0, 0.05) is 12.5 Å². The van der Waals surface area contributed by atoms with Gasteiger partial charge in [0.1, 0.15) is 5.75 Å². The van der Waals surface area contributed by atoms with Gasteiger partial charge < -0.3 is 10.1 Å². The van der Waals surface area contributed by atoms with Crippen LogP contribution in [0.15, 0.2) is 30.3 Å². The number of benzene rings is 1. The molecular formula is C18H23NO3. The van der Waals surface area contributed by atoms with E-state index < -0.39 is 5.41 Å². The van der Waals surface area contributed by atoms with Crippen LogP contribution >= 0.6 is 0 Å². The monoisotopic (exact) mass is 301 g/mol. The molecule has 0 heterocycles. The van der Waals surface area contributed by atoms with Gasteiger partial charge in [-0.2, -0.15) is 0 Å². The van der Waals surface area contributed by atoms with Gasteiger partial charge in [-0.3, -0.25) is 9.59 Å². The molecule has 4 nitrogen and oxygen atoms in total. The smallest absolute Gasteiger partial charge is 0.317 e. The highest BCUT2D eigenvalue weighted by Crippen LogP contribution is 2.41. The summed E-state index contributed by atoms with van der Waals surface area (Å²) in [5.74, 6) is 0.304. The maximum absolute atomic E-state index is 12.7. The van der Waals surface area contributed by atoms with Gasteiger partial charge in [-0.05, 0) is 37.8 Å². The first kappa shape index (κ1) is 15.1. The molecule has 2 aliphatic carbocycles. The van der Waals surface area contributed by atoms with Crippen molar-refractivity contribution in [3.63, 3.8) is 0 Å². The lowest BCUT2D eigenvalue weighted by molar-refractivity contribution is -0.151. The Labute approximate surface area is 131 Å². The molecule has 0 unspecified atom stereocenters. The number of carbonyl (C=O) groups excluding carboxylic acids is 2. The molecule has 2 fully saturated rings. The Balaban J connectivity index is 1.69. The van der Waals surface area contributed by atoms with Crippen LogP contribution < -0.4 is 10.1 Å². The first-order valence-corrected chi connectivity index (χ1v) is 8.25. The van der Waals surface area contributed by atoms with Gasteiger partial charge in [0.2, 0.25) is 5.91 Å². The zero-order chi connectivity index (χ0) is 15.4. The Morgan fingerprint density at radius 3 is 2.41 bits per heavy atom. The summed E-state index contributed by atoms with van der Waals surface area (Å²) in [4.78, 5) is 24.9. The van der Waals surface area contributed by atoms with Crippen LogP contribution in [0.25, 0.3) is 0 Å². The number of para-hydroxylation sites is 1. The van der Waals surface area contributed by atoms with Gasteiger partial charge >= 0.3 is 5.97 Å². The summed E-state index contributed by atoms with van der Waals surface area (Å²) in [6.07, 6.45) is 6.98. The molecule has 1 aromatic carbocycles. The van der Waals surface area contributed by atoms with Crippen LogP contribution in [0, 0.1) is 5.41 Å². The fraction of sp³-hybridized carbons (Fsp3) is 0.556. The Morgan fingerprint density at radius 2 is 1.77 bits per heavy atom. The van der Waals surface area contributed by atoms with Crippen molar-refractivity contribution >= 4 is 11.9 Å². The van der Waals surface area contributed by atoms with Gasteiger partial charge in [0.05, 0.1) is 5.41 Å². The van der Waals surface area contributed by atoms with E-state index in [2.05, 4.69) is 5.32 Å². The van der Waals surface area contributed by atoms with E-state index in [0.717, 1.165) is 44.9 Å². The molecule has 22 heavy (non-hydrogen) atoms. The van der Waals surface area contributed by atoms with Crippen molar-refractivity contribution in [3.8, 4) is 5.75 Å². The second-order valence-electron chi connectivity index (χ2n) is 6.56. The number of ether oxygens (including phenoxy) is 1. The van der Waals surface area contributed by atoms with Crippen LogP contribution in [0.3, 0.4) is 0 Å². The second-order valence-corrected chi connectivity index (χ2v) is 6.56. The number of nitrogens with one attached hydrogen (secondary N) is 1. The van der Waals surface area contributed by atoms with E-state index in [9.17, 15) is 9.59 Å². The molecule has 0 aliphatic heterocycles. The molecule has 1 N–H and O–H groups in total. The Bertz CT molecular complexity index is 531. The molecule has 118 valence electrons. The first-order valence-electron chi connectivity index (χ1n) is 8.25. The lowest BCUT2D eigenvalue weighted by Gasteiger charge is -2.34. The van der Waals surface area contributed by atoms with Crippen LogP contribution in [0.2, 0.25) is 0 Å². The maximum atomic E-state index is 12.7. The summed E-state index contributed by atoms with van der Waals surface area (Å²) in [6, 6.07) is 9.46. The lowest BCUT2D eigenvalue weighted by atomic mass is 9.71. The van der Waals surface area contributed by atoms with Crippen molar-refractivity contribution in [1.29, 1.82) is 0 Å². The van der Waals surface area contributed by atoms with Crippen molar-refractivity contribution < 1.29 is 14.3 Å². The molecule has 0 radical (unpaired) electrons. The van der Waals surface area contributed by atoms with Gasteiger partial charge in [0.25, 0.3) is 0 Å². The number of esters is 1. The number of carbonyl (C=O) groups is 2. The summed E-state index contributed by atoms with van der Waals surface area (Å²) in [6.45, 7) is 0. The molecule has 1 amide bonds. The molecule has 3 rings (SSSR count). The van der Waals surface area contributed by atoms with Crippen LogP contribution in [-0.2, 0) is 9.59 Å². The molecule has 0 spiro atoms. The van der Waals surface area contributed by atoms with Crippen LogP contribution in [0.1, 0.15) is 51.4 Å². The largest absolute Gasteiger partial charge is 0.426 e. The van der Waals surface area contributed by atoms with E-state index in [4.69, 9.17) is 4.74 Å². The second kappa shape index (κ2) is 6.51. The van der Waals surface area contributed by atoms with Crippen molar-refractivity contribution in [2.75, 3.05) is 0 Å². The lowest BCUT2D eigenvalue weighted by Crippen LogP contribution is -2.42. The Hall–Kier alpha value is -1.84. The molecule has 2 saturated carbocycles. The van der Waals surface area contributed by atoms with E-state index in [1.165, 1.54) is 0 Å². The third-order valence-corrected chi connectivity index (χ3v) is 4.64. The van der Waals surface area contributed by atoms with Gasteiger partial charge in [-0.1, -0.05) is 37.5 Å². The summed E-state index contributed by atoms with van der Waals surface area (Å²) < 4.78 is 5.56. The van der Waals surface area contributed by atoms with Crippen molar-refractivity contribution in [2.45, 2.75) is 57.4 Å². The molecule has 0 atom stereocenters. The molecule has 4 heteroatoms. The molecule has 0 aromatic heterocycles. The van der Waals surface area contributed by atoms with E-state index in [0.29, 0.717) is 11.8 Å².